The molecule has 0 bridgehead atoms. The Balaban J connectivity index is 1.78. The molecular weight excluding hydrogens is 282 g/mol. The molecule has 0 aromatic carbocycles. The highest BCUT2D eigenvalue weighted by molar-refractivity contribution is 5.82. The van der Waals surface area contributed by atoms with Crippen LogP contribution in [0.1, 0.15) is 25.7 Å². The molecule has 6 nitrogen and oxygen atoms in total. The van der Waals surface area contributed by atoms with Gasteiger partial charge in [-0.25, -0.2) is 8.78 Å². The van der Waals surface area contributed by atoms with Gasteiger partial charge in [0, 0.05) is 44.9 Å². The molecule has 1 saturated heterocycles. The van der Waals surface area contributed by atoms with Crippen LogP contribution in [0.15, 0.2) is 5.16 Å². The van der Waals surface area contributed by atoms with Crippen molar-refractivity contribution in [2.45, 2.75) is 31.6 Å². The number of hydrogen-bond donors (Lipinski definition) is 2. The topological polar surface area (TPSA) is 82.2 Å². The van der Waals surface area contributed by atoms with Crippen LogP contribution in [-0.2, 0) is 4.79 Å². The van der Waals surface area contributed by atoms with Crippen LogP contribution in [0, 0.1) is 5.92 Å². The van der Waals surface area contributed by atoms with Crippen molar-refractivity contribution in [2.75, 3.05) is 32.7 Å². The van der Waals surface area contributed by atoms with Gasteiger partial charge in [0.2, 0.25) is 11.8 Å². The third-order valence-corrected chi connectivity index (χ3v) is 4.26. The number of amidine groups is 1. The summed E-state index contributed by atoms with van der Waals surface area (Å²) in [6.07, 6.45) is 0.173. The quantitative estimate of drug-likeness (QED) is 0.348. The van der Waals surface area contributed by atoms with Gasteiger partial charge in [0.25, 0.3) is 0 Å². The van der Waals surface area contributed by atoms with Gasteiger partial charge in [0.15, 0.2) is 5.84 Å². The minimum Gasteiger partial charge on any atom is -0.409 e. The van der Waals surface area contributed by atoms with Crippen molar-refractivity contribution in [3.8, 4) is 0 Å². The summed E-state index contributed by atoms with van der Waals surface area (Å²) in [5, 5.41) is 11.5. The van der Waals surface area contributed by atoms with E-state index in [1.165, 1.54) is 0 Å². The first-order chi connectivity index (χ1) is 9.91. The Morgan fingerprint density at radius 2 is 1.81 bits per heavy atom. The van der Waals surface area contributed by atoms with Crippen LogP contribution in [0.4, 0.5) is 8.78 Å². The van der Waals surface area contributed by atoms with E-state index in [0.717, 1.165) is 0 Å². The largest absolute Gasteiger partial charge is 0.409 e. The lowest BCUT2D eigenvalue weighted by Crippen LogP contribution is -2.52. The van der Waals surface area contributed by atoms with Crippen molar-refractivity contribution < 1.29 is 18.8 Å². The van der Waals surface area contributed by atoms with Crippen LogP contribution in [0.25, 0.3) is 0 Å². The zero-order valence-corrected chi connectivity index (χ0v) is 12.0. The summed E-state index contributed by atoms with van der Waals surface area (Å²) in [6, 6.07) is 0. The Morgan fingerprint density at radius 3 is 2.33 bits per heavy atom. The fourth-order valence-corrected chi connectivity index (χ4v) is 2.93. The molecule has 8 heteroatoms. The number of carbonyl (C=O) groups excluding carboxylic acids is 1. The van der Waals surface area contributed by atoms with Crippen molar-refractivity contribution in [1.82, 2.24) is 9.80 Å². The highest BCUT2D eigenvalue weighted by Crippen LogP contribution is 2.36. The third-order valence-electron chi connectivity index (χ3n) is 4.26. The Morgan fingerprint density at radius 1 is 1.24 bits per heavy atom. The van der Waals surface area contributed by atoms with Crippen LogP contribution in [-0.4, -0.2) is 65.4 Å². The van der Waals surface area contributed by atoms with E-state index in [2.05, 4.69) is 5.16 Å². The maximum absolute atomic E-state index is 13.1. The maximum atomic E-state index is 13.1. The number of rotatable bonds is 3. The highest BCUT2D eigenvalue weighted by atomic mass is 19.3. The number of oxime groups is 1. The lowest BCUT2D eigenvalue weighted by Gasteiger charge is -2.37. The van der Waals surface area contributed by atoms with Gasteiger partial charge in [-0.2, -0.15) is 0 Å². The smallest absolute Gasteiger partial charge is 0.248 e. The van der Waals surface area contributed by atoms with Gasteiger partial charge >= 0.3 is 0 Å². The van der Waals surface area contributed by atoms with Crippen molar-refractivity contribution in [3.63, 3.8) is 0 Å². The number of piperazine rings is 1. The molecular formula is C13H22F2N4O2. The molecule has 2 fully saturated rings. The van der Waals surface area contributed by atoms with Crippen molar-refractivity contribution >= 4 is 11.7 Å². The third kappa shape index (κ3) is 4.26. The fourth-order valence-electron chi connectivity index (χ4n) is 2.93. The molecule has 2 aliphatic rings. The number of hydrogen-bond acceptors (Lipinski definition) is 4. The molecule has 1 heterocycles. The Labute approximate surface area is 122 Å². The predicted molar refractivity (Wildman–Crippen MR) is 73.3 cm³/mol. The van der Waals surface area contributed by atoms with E-state index in [4.69, 9.17) is 10.9 Å². The van der Waals surface area contributed by atoms with Crippen molar-refractivity contribution in [3.05, 3.63) is 0 Å². The first-order valence-electron chi connectivity index (χ1n) is 7.26. The van der Waals surface area contributed by atoms with Gasteiger partial charge in [0.1, 0.15) is 0 Å². The second-order valence-corrected chi connectivity index (χ2v) is 5.82. The summed E-state index contributed by atoms with van der Waals surface area (Å²) in [7, 11) is 0. The first-order valence-corrected chi connectivity index (χ1v) is 7.26. The van der Waals surface area contributed by atoms with Crippen molar-refractivity contribution in [2.24, 2.45) is 16.8 Å². The Hall–Kier alpha value is -1.44. The van der Waals surface area contributed by atoms with E-state index in [1.807, 2.05) is 4.90 Å². The summed E-state index contributed by atoms with van der Waals surface area (Å²) < 4.78 is 26.2. The van der Waals surface area contributed by atoms with Crippen molar-refractivity contribution in [1.29, 1.82) is 0 Å². The first kappa shape index (κ1) is 15.9. The van der Waals surface area contributed by atoms with Gasteiger partial charge in [-0.15, -0.1) is 0 Å². The average Bonchev–Trinajstić information content (AvgIpc) is 2.47. The predicted octanol–water partition coefficient (Wildman–Crippen LogP) is 0.702. The maximum Gasteiger partial charge on any atom is 0.248 e. The molecule has 2 rings (SSSR count). The normalized spacial score (nSPS) is 25.0. The number of nitrogens with zero attached hydrogens (tertiary/aromatic N) is 3. The molecule has 0 atom stereocenters. The summed E-state index contributed by atoms with van der Waals surface area (Å²) in [6.45, 7) is 2.78. The molecule has 0 aromatic rings. The number of carbonyl (C=O) groups is 1. The summed E-state index contributed by atoms with van der Waals surface area (Å²) in [4.78, 5) is 16.1. The van der Waals surface area contributed by atoms with E-state index >= 15 is 0 Å². The van der Waals surface area contributed by atoms with E-state index < -0.39 is 5.92 Å². The molecule has 1 aliphatic carbocycles. The van der Waals surface area contributed by atoms with Crippen LogP contribution in [0.3, 0.4) is 0 Å². The van der Waals surface area contributed by atoms with Crippen LogP contribution in [0.5, 0.6) is 0 Å². The number of nitrogens with two attached hydrogens (primary N) is 1. The highest BCUT2D eigenvalue weighted by Gasteiger charge is 2.39. The second kappa shape index (κ2) is 6.55. The van der Waals surface area contributed by atoms with Gasteiger partial charge < -0.3 is 15.8 Å². The summed E-state index contributed by atoms with van der Waals surface area (Å²) in [5.74, 6) is -2.73. The minimum absolute atomic E-state index is 0.00560. The average molecular weight is 304 g/mol. The molecule has 0 radical (unpaired) electrons. The Bertz CT molecular complexity index is 399. The molecule has 1 amide bonds. The van der Waals surface area contributed by atoms with Gasteiger partial charge in [0.05, 0.1) is 6.54 Å². The molecule has 0 spiro atoms. The van der Waals surface area contributed by atoms with E-state index in [9.17, 15) is 13.6 Å². The lowest BCUT2D eigenvalue weighted by atomic mass is 9.86. The van der Waals surface area contributed by atoms with Gasteiger partial charge in [-0.3, -0.25) is 9.69 Å². The molecule has 21 heavy (non-hydrogen) atoms. The van der Waals surface area contributed by atoms with Crippen LogP contribution < -0.4 is 5.73 Å². The zero-order valence-electron chi connectivity index (χ0n) is 12.0. The summed E-state index contributed by atoms with van der Waals surface area (Å²) in [5.41, 5.74) is 5.45. The molecule has 1 saturated carbocycles. The summed E-state index contributed by atoms with van der Waals surface area (Å²) >= 11 is 0. The molecule has 0 unspecified atom stereocenters. The van der Waals surface area contributed by atoms with Crippen LogP contribution >= 0.6 is 0 Å². The minimum atomic E-state index is -2.60. The van der Waals surface area contributed by atoms with E-state index in [-0.39, 0.29) is 43.3 Å². The molecule has 0 aromatic heterocycles. The number of amides is 1. The SMILES string of the molecule is NC(CN1CCN(C(=O)C2CCC(F)(F)CC2)CC1)=NO. The molecule has 120 valence electrons. The molecule has 1 aliphatic heterocycles. The van der Waals surface area contributed by atoms with Gasteiger partial charge in [-0.1, -0.05) is 5.16 Å². The van der Waals surface area contributed by atoms with E-state index in [0.29, 0.717) is 32.7 Å². The van der Waals surface area contributed by atoms with Crippen LogP contribution in [0.2, 0.25) is 0 Å². The lowest BCUT2D eigenvalue weighted by molar-refractivity contribution is -0.141. The Kier molecular flexibility index (Phi) is 4.97. The standard InChI is InChI=1S/C13H22F2N4O2/c14-13(15)3-1-10(2-4-13)12(20)19-7-5-18(6-8-19)9-11(16)17-21/h10,21H,1-9H2,(H2,16,17). The van der Waals surface area contributed by atoms with Gasteiger partial charge in [-0.05, 0) is 12.8 Å². The number of alkyl halides is 2. The number of halogens is 2. The molecule has 3 N–H and O–H groups in total. The fraction of sp³-hybridized carbons (Fsp3) is 0.846. The zero-order chi connectivity index (χ0) is 15.5. The van der Waals surface area contributed by atoms with E-state index in [1.54, 1.807) is 4.90 Å². The monoisotopic (exact) mass is 304 g/mol. The second-order valence-electron chi connectivity index (χ2n) is 5.82.